The fourth-order valence-corrected chi connectivity index (χ4v) is 1.40. The van der Waals surface area contributed by atoms with E-state index in [2.05, 4.69) is 10.3 Å². The first-order valence-corrected chi connectivity index (χ1v) is 5.59. The van der Waals surface area contributed by atoms with Crippen LogP contribution in [-0.4, -0.2) is 32.8 Å². The third-order valence-corrected chi connectivity index (χ3v) is 2.22. The summed E-state index contributed by atoms with van der Waals surface area (Å²) in [6.07, 6.45) is 0.467. The number of nitrogens with two attached hydrogens (primary N) is 1. The lowest BCUT2D eigenvalue weighted by Crippen LogP contribution is -2.33. The molecule has 0 amide bonds. The molecule has 1 rings (SSSR count). The Labute approximate surface area is 105 Å². The van der Waals surface area contributed by atoms with Crippen molar-refractivity contribution in [3.63, 3.8) is 0 Å². The lowest BCUT2D eigenvalue weighted by Gasteiger charge is -2.06. The van der Waals surface area contributed by atoms with E-state index in [9.17, 15) is 8.78 Å². The van der Waals surface area contributed by atoms with Gasteiger partial charge in [0.15, 0.2) is 5.96 Å². The van der Waals surface area contributed by atoms with E-state index >= 15 is 0 Å². The van der Waals surface area contributed by atoms with E-state index in [1.54, 1.807) is 7.11 Å². The molecule has 6 heteroatoms. The molecule has 1 aromatic rings. The summed E-state index contributed by atoms with van der Waals surface area (Å²) in [5.41, 5.74) is 6.15. The van der Waals surface area contributed by atoms with Gasteiger partial charge in [-0.3, -0.25) is 4.99 Å². The molecule has 18 heavy (non-hydrogen) atoms. The lowest BCUT2D eigenvalue weighted by atomic mass is 10.1. The van der Waals surface area contributed by atoms with Gasteiger partial charge in [0.05, 0.1) is 13.2 Å². The van der Waals surface area contributed by atoms with Gasteiger partial charge in [0.1, 0.15) is 11.6 Å². The number of nitrogens with one attached hydrogen (secondary N) is 1. The van der Waals surface area contributed by atoms with E-state index in [1.807, 2.05) is 0 Å². The third-order valence-electron chi connectivity index (χ3n) is 2.22. The fourth-order valence-electron chi connectivity index (χ4n) is 1.40. The summed E-state index contributed by atoms with van der Waals surface area (Å²) in [5, 5.41) is 2.86. The summed E-state index contributed by atoms with van der Waals surface area (Å²) >= 11 is 0. The molecule has 100 valence electrons. The summed E-state index contributed by atoms with van der Waals surface area (Å²) < 4.78 is 30.6. The largest absolute Gasteiger partial charge is 0.383 e. The van der Waals surface area contributed by atoms with Crippen LogP contribution in [0.3, 0.4) is 0 Å². The highest BCUT2D eigenvalue weighted by Gasteiger charge is 2.00. The molecular formula is C12H17F2N3O. The minimum absolute atomic E-state index is 0.295. The predicted octanol–water partition coefficient (Wildman–Crippen LogP) is 1.06. The molecule has 0 heterocycles. The second-order valence-corrected chi connectivity index (χ2v) is 3.71. The zero-order chi connectivity index (χ0) is 13.4. The number of rotatable bonds is 6. The molecule has 0 aliphatic carbocycles. The minimum Gasteiger partial charge on any atom is -0.383 e. The zero-order valence-corrected chi connectivity index (χ0v) is 10.2. The molecule has 0 aromatic heterocycles. The predicted molar refractivity (Wildman–Crippen MR) is 66.4 cm³/mol. The number of halogens is 2. The van der Waals surface area contributed by atoms with Crippen LogP contribution in [0, 0.1) is 11.6 Å². The molecule has 0 aliphatic heterocycles. The smallest absolute Gasteiger partial charge is 0.188 e. The van der Waals surface area contributed by atoms with Crippen LogP contribution in [-0.2, 0) is 11.2 Å². The number of ether oxygens (including phenoxy) is 1. The van der Waals surface area contributed by atoms with Gasteiger partial charge < -0.3 is 15.8 Å². The number of methoxy groups -OCH3 is 1. The van der Waals surface area contributed by atoms with Gasteiger partial charge in [-0.25, -0.2) is 8.78 Å². The average Bonchev–Trinajstić information content (AvgIpc) is 2.28. The van der Waals surface area contributed by atoms with Crippen LogP contribution in [0.25, 0.3) is 0 Å². The molecule has 0 radical (unpaired) electrons. The van der Waals surface area contributed by atoms with Crippen LogP contribution < -0.4 is 11.1 Å². The van der Waals surface area contributed by atoms with Crippen molar-refractivity contribution in [2.45, 2.75) is 6.42 Å². The first-order chi connectivity index (χ1) is 8.61. The Kier molecular flexibility index (Phi) is 6.07. The Hall–Kier alpha value is -1.69. The third kappa shape index (κ3) is 5.58. The van der Waals surface area contributed by atoms with Crippen LogP contribution in [0.5, 0.6) is 0 Å². The Morgan fingerprint density at radius 1 is 1.33 bits per heavy atom. The highest BCUT2D eigenvalue weighted by molar-refractivity contribution is 5.77. The van der Waals surface area contributed by atoms with E-state index < -0.39 is 11.6 Å². The summed E-state index contributed by atoms with van der Waals surface area (Å²) in [7, 11) is 1.58. The first-order valence-electron chi connectivity index (χ1n) is 5.59. The van der Waals surface area contributed by atoms with Crippen molar-refractivity contribution in [3.8, 4) is 0 Å². The van der Waals surface area contributed by atoms with Gasteiger partial charge in [-0.05, 0) is 24.1 Å². The number of guanidine groups is 1. The van der Waals surface area contributed by atoms with Gasteiger partial charge >= 0.3 is 0 Å². The van der Waals surface area contributed by atoms with E-state index in [-0.39, 0.29) is 0 Å². The van der Waals surface area contributed by atoms with E-state index in [4.69, 9.17) is 10.5 Å². The summed E-state index contributed by atoms with van der Waals surface area (Å²) in [5.74, 6) is -0.859. The zero-order valence-electron chi connectivity index (χ0n) is 10.2. The van der Waals surface area contributed by atoms with Crippen LogP contribution in [0.15, 0.2) is 23.2 Å². The quantitative estimate of drug-likeness (QED) is 0.455. The second kappa shape index (κ2) is 7.60. The molecule has 0 atom stereocenters. The highest BCUT2D eigenvalue weighted by atomic mass is 19.1. The van der Waals surface area contributed by atoms with Gasteiger partial charge in [-0.2, -0.15) is 0 Å². The molecule has 0 bridgehead atoms. The first kappa shape index (κ1) is 14.4. The highest BCUT2D eigenvalue weighted by Crippen LogP contribution is 2.07. The Balaban J connectivity index is 2.34. The van der Waals surface area contributed by atoms with Gasteiger partial charge in [-0.1, -0.05) is 0 Å². The van der Waals surface area contributed by atoms with Crippen molar-refractivity contribution in [1.82, 2.24) is 5.32 Å². The van der Waals surface area contributed by atoms with Gasteiger partial charge in [0.25, 0.3) is 0 Å². The number of benzene rings is 1. The Morgan fingerprint density at radius 3 is 2.61 bits per heavy atom. The van der Waals surface area contributed by atoms with E-state index in [1.165, 1.54) is 12.1 Å². The van der Waals surface area contributed by atoms with Gasteiger partial charge in [-0.15, -0.1) is 0 Å². The van der Waals surface area contributed by atoms with Crippen LogP contribution in [0.2, 0.25) is 0 Å². The van der Waals surface area contributed by atoms with Crippen molar-refractivity contribution in [1.29, 1.82) is 0 Å². The number of aliphatic imine (C=N–C) groups is 1. The lowest BCUT2D eigenvalue weighted by molar-refractivity contribution is 0.208. The molecule has 3 N–H and O–H groups in total. The molecule has 0 unspecified atom stereocenters. The molecular weight excluding hydrogens is 240 g/mol. The maximum Gasteiger partial charge on any atom is 0.188 e. The fraction of sp³-hybridized carbons (Fsp3) is 0.417. The standard InChI is InChI=1S/C12H17F2N3O/c1-18-5-4-17-12(15)16-3-2-9-6-10(13)8-11(14)7-9/h6-8H,2-5H2,1H3,(H3,15,16,17). The maximum atomic E-state index is 12.9. The average molecular weight is 257 g/mol. The van der Waals surface area contributed by atoms with E-state index in [0.29, 0.717) is 37.6 Å². The van der Waals surface area contributed by atoms with Crippen LogP contribution >= 0.6 is 0 Å². The second-order valence-electron chi connectivity index (χ2n) is 3.71. The van der Waals surface area contributed by atoms with E-state index in [0.717, 1.165) is 6.07 Å². The molecule has 0 saturated heterocycles. The molecule has 0 aliphatic rings. The minimum atomic E-state index is -0.577. The topological polar surface area (TPSA) is 59.6 Å². The van der Waals surface area contributed by atoms with Gasteiger partial charge in [0, 0.05) is 19.7 Å². The van der Waals surface area contributed by atoms with Crippen molar-refractivity contribution in [2.24, 2.45) is 10.7 Å². The molecule has 0 fully saturated rings. The Morgan fingerprint density at radius 2 is 2.00 bits per heavy atom. The number of hydrogen-bond acceptors (Lipinski definition) is 2. The van der Waals surface area contributed by atoms with Crippen molar-refractivity contribution >= 4 is 5.96 Å². The van der Waals surface area contributed by atoms with Gasteiger partial charge in [0.2, 0.25) is 0 Å². The molecule has 0 spiro atoms. The SMILES string of the molecule is COCCN=C(N)NCCc1cc(F)cc(F)c1. The Bertz CT molecular complexity index is 390. The normalized spacial score (nSPS) is 11.6. The van der Waals surface area contributed by atoms with Crippen molar-refractivity contribution in [2.75, 3.05) is 26.8 Å². The van der Waals surface area contributed by atoms with Crippen LogP contribution in [0.1, 0.15) is 5.56 Å². The van der Waals surface area contributed by atoms with Crippen LogP contribution in [0.4, 0.5) is 8.78 Å². The summed E-state index contributed by atoms with van der Waals surface area (Å²) in [4.78, 5) is 3.99. The molecule has 1 aromatic carbocycles. The molecule has 0 saturated carbocycles. The monoisotopic (exact) mass is 257 g/mol. The maximum absolute atomic E-state index is 12.9. The summed E-state index contributed by atoms with van der Waals surface area (Å²) in [6, 6.07) is 3.43. The number of nitrogens with zero attached hydrogens (tertiary/aromatic N) is 1. The number of hydrogen-bond donors (Lipinski definition) is 2. The van der Waals surface area contributed by atoms with Crippen molar-refractivity contribution < 1.29 is 13.5 Å². The van der Waals surface area contributed by atoms with Crippen molar-refractivity contribution in [3.05, 3.63) is 35.4 Å². The molecule has 4 nitrogen and oxygen atoms in total. The summed E-state index contributed by atoms with van der Waals surface area (Å²) in [6.45, 7) is 1.44.